The monoisotopic (exact) mass is 393 g/mol. The first-order chi connectivity index (χ1) is 14.0. The van der Waals surface area contributed by atoms with Crippen molar-refractivity contribution >= 4 is 17.5 Å². The van der Waals surface area contributed by atoms with Crippen LogP contribution in [0.3, 0.4) is 0 Å². The lowest BCUT2D eigenvalue weighted by atomic mass is 10.1. The molecule has 0 aromatic heterocycles. The van der Waals surface area contributed by atoms with E-state index in [4.69, 9.17) is 4.74 Å². The molecule has 2 aliphatic heterocycles. The predicted molar refractivity (Wildman–Crippen MR) is 112 cm³/mol. The zero-order chi connectivity index (χ0) is 20.4. The van der Waals surface area contributed by atoms with Crippen molar-refractivity contribution in [2.45, 2.75) is 25.9 Å². The maximum atomic E-state index is 13.0. The van der Waals surface area contributed by atoms with Gasteiger partial charge in [0.15, 0.2) is 0 Å². The molecule has 0 saturated carbocycles. The van der Waals surface area contributed by atoms with Gasteiger partial charge in [0.25, 0.3) is 5.91 Å². The fourth-order valence-corrected chi connectivity index (χ4v) is 4.21. The number of rotatable bonds is 5. The fraction of sp³-hybridized carbons (Fsp3) is 0.391. The molecule has 2 fully saturated rings. The molecule has 2 heterocycles. The van der Waals surface area contributed by atoms with Gasteiger partial charge in [0.2, 0.25) is 5.91 Å². The molecule has 152 valence electrons. The van der Waals surface area contributed by atoms with Gasteiger partial charge in [-0.25, -0.2) is 4.90 Å². The first-order valence-corrected chi connectivity index (χ1v) is 10.1. The van der Waals surface area contributed by atoms with Crippen LogP contribution in [0, 0.1) is 6.92 Å². The lowest BCUT2D eigenvalue weighted by Gasteiger charge is -2.37. The second-order valence-corrected chi connectivity index (χ2v) is 7.79. The van der Waals surface area contributed by atoms with E-state index in [2.05, 4.69) is 41.0 Å². The molecule has 0 radical (unpaired) electrons. The van der Waals surface area contributed by atoms with E-state index in [0.29, 0.717) is 11.4 Å². The van der Waals surface area contributed by atoms with Crippen LogP contribution in [-0.2, 0) is 16.1 Å². The van der Waals surface area contributed by atoms with Crippen molar-refractivity contribution in [1.82, 2.24) is 9.80 Å². The molecular weight excluding hydrogens is 366 g/mol. The number of hydrogen-bond donors (Lipinski definition) is 0. The average molecular weight is 393 g/mol. The highest BCUT2D eigenvalue weighted by Gasteiger charge is 2.43. The van der Waals surface area contributed by atoms with E-state index in [1.165, 1.54) is 16.0 Å². The molecule has 2 aromatic carbocycles. The fourth-order valence-electron chi connectivity index (χ4n) is 4.21. The number of hydrogen-bond acceptors (Lipinski definition) is 5. The Morgan fingerprint density at radius 2 is 1.72 bits per heavy atom. The van der Waals surface area contributed by atoms with Crippen molar-refractivity contribution in [2.75, 3.05) is 38.2 Å². The third kappa shape index (κ3) is 4.18. The van der Waals surface area contributed by atoms with Gasteiger partial charge in [-0.15, -0.1) is 0 Å². The summed E-state index contributed by atoms with van der Waals surface area (Å²) in [6.07, 6.45) is 0.253. The van der Waals surface area contributed by atoms with Crippen LogP contribution < -0.4 is 9.64 Å². The van der Waals surface area contributed by atoms with E-state index in [1.54, 1.807) is 31.4 Å². The lowest BCUT2D eigenvalue weighted by Crippen LogP contribution is -2.52. The summed E-state index contributed by atoms with van der Waals surface area (Å²) in [7, 11) is 1.59. The predicted octanol–water partition coefficient (Wildman–Crippen LogP) is 2.45. The summed E-state index contributed by atoms with van der Waals surface area (Å²) >= 11 is 0. The number of carbonyl (C=O) groups excluding carboxylic acids is 2. The highest BCUT2D eigenvalue weighted by Crippen LogP contribution is 2.28. The summed E-state index contributed by atoms with van der Waals surface area (Å²) in [5.41, 5.74) is 3.20. The molecule has 2 saturated heterocycles. The first-order valence-electron chi connectivity index (χ1n) is 10.1. The van der Waals surface area contributed by atoms with E-state index < -0.39 is 0 Å². The molecule has 0 unspecified atom stereocenters. The third-order valence-electron chi connectivity index (χ3n) is 5.79. The van der Waals surface area contributed by atoms with E-state index in [1.807, 2.05) is 0 Å². The number of piperazine rings is 1. The molecule has 6 heteroatoms. The molecule has 4 rings (SSSR count). The molecule has 6 nitrogen and oxygen atoms in total. The molecule has 29 heavy (non-hydrogen) atoms. The summed E-state index contributed by atoms with van der Waals surface area (Å²) in [5.74, 6) is 0.453. The Morgan fingerprint density at radius 1 is 1.00 bits per heavy atom. The van der Waals surface area contributed by atoms with Crippen molar-refractivity contribution < 1.29 is 14.3 Å². The Bertz CT molecular complexity index is 888. The Labute approximate surface area is 171 Å². The average Bonchev–Trinajstić information content (AvgIpc) is 3.03. The minimum atomic E-state index is -0.356. The van der Waals surface area contributed by atoms with E-state index in [0.717, 1.165) is 32.7 Å². The Morgan fingerprint density at radius 3 is 2.38 bits per heavy atom. The van der Waals surface area contributed by atoms with Gasteiger partial charge in [0, 0.05) is 32.7 Å². The van der Waals surface area contributed by atoms with Crippen molar-refractivity contribution in [1.29, 1.82) is 0 Å². The van der Waals surface area contributed by atoms with Crippen LogP contribution in [0.25, 0.3) is 0 Å². The molecule has 1 atom stereocenters. The molecule has 2 amide bonds. The summed E-state index contributed by atoms with van der Waals surface area (Å²) in [6.45, 7) is 6.42. The van der Waals surface area contributed by atoms with Crippen LogP contribution in [-0.4, -0.2) is 60.9 Å². The Hall–Kier alpha value is -2.70. The molecule has 2 aliphatic rings. The van der Waals surface area contributed by atoms with Gasteiger partial charge in [-0.2, -0.15) is 0 Å². The third-order valence-corrected chi connectivity index (χ3v) is 5.79. The SMILES string of the molecule is COc1ccc(N2C(=O)C[C@@H](N3CCN(Cc4cccc(C)c4)CC3)C2=O)cc1. The van der Waals surface area contributed by atoms with Gasteiger partial charge in [0.1, 0.15) is 5.75 Å². The normalized spacial score (nSPS) is 21.0. The topological polar surface area (TPSA) is 53.1 Å². The van der Waals surface area contributed by atoms with Gasteiger partial charge < -0.3 is 4.74 Å². The van der Waals surface area contributed by atoms with Crippen LogP contribution in [0.15, 0.2) is 48.5 Å². The van der Waals surface area contributed by atoms with Gasteiger partial charge in [-0.3, -0.25) is 19.4 Å². The molecule has 2 aromatic rings. The van der Waals surface area contributed by atoms with Crippen molar-refractivity contribution in [2.24, 2.45) is 0 Å². The number of anilines is 1. The Kier molecular flexibility index (Phi) is 5.65. The minimum absolute atomic E-state index is 0.118. The number of aryl methyl sites for hydroxylation is 1. The summed E-state index contributed by atoms with van der Waals surface area (Å²) in [6, 6.07) is 15.3. The number of methoxy groups -OCH3 is 1. The first kappa shape index (κ1) is 19.6. The van der Waals surface area contributed by atoms with E-state index in [-0.39, 0.29) is 24.3 Å². The van der Waals surface area contributed by atoms with Crippen molar-refractivity contribution in [3.63, 3.8) is 0 Å². The van der Waals surface area contributed by atoms with Gasteiger partial charge in [-0.1, -0.05) is 29.8 Å². The standard InChI is InChI=1S/C23H27N3O3/c1-17-4-3-5-18(14-17)16-24-10-12-25(13-11-24)21-15-22(27)26(23(21)28)19-6-8-20(29-2)9-7-19/h3-9,14,21H,10-13,15-16H2,1-2H3/t21-/m1/s1. The number of amides is 2. The largest absolute Gasteiger partial charge is 0.497 e. The number of carbonyl (C=O) groups is 2. The smallest absolute Gasteiger partial charge is 0.251 e. The van der Waals surface area contributed by atoms with Gasteiger partial charge in [0.05, 0.1) is 25.3 Å². The quantitative estimate of drug-likeness (QED) is 0.731. The molecular formula is C23H27N3O3. The molecule has 0 aliphatic carbocycles. The summed E-state index contributed by atoms with van der Waals surface area (Å²) in [5, 5.41) is 0. The summed E-state index contributed by atoms with van der Waals surface area (Å²) < 4.78 is 5.16. The number of ether oxygens (including phenoxy) is 1. The van der Waals surface area contributed by atoms with Crippen molar-refractivity contribution in [3.05, 3.63) is 59.7 Å². The molecule has 0 spiro atoms. The van der Waals surface area contributed by atoms with E-state index >= 15 is 0 Å². The second-order valence-electron chi connectivity index (χ2n) is 7.79. The lowest BCUT2D eigenvalue weighted by molar-refractivity contribution is -0.123. The van der Waals surface area contributed by atoms with Crippen LogP contribution in [0.2, 0.25) is 0 Å². The maximum absolute atomic E-state index is 13.0. The van der Waals surface area contributed by atoms with E-state index in [9.17, 15) is 9.59 Å². The van der Waals surface area contributed by atoms with Crippen molar-refractivity contribution in [3.8, 4) is 5.75 Å². The Balaban J connectivity index is 1.37. The van der Waals surface area contributed by atoms with Crippen LogP contribution in [0.5, 0.6) is 5.75 Å². The van der Waals surface area contributed by atoms with Gasteiger partial charge in [-0.05, 0) is 36.8 Å². The molecule has 0 N–H and O–H groups in total. The zero-order valence-electron chi connectivity index (χ0n) is 17.0. The highest BCUT2D eigenvalue weighted by molar-refractivity contribution is 6.22. The summed E-state index contributed by atoms with van der Waals surface area (Å²) in [4.78, 5) is 31.5. The zero-order valence-corrected chi connectivity index (χ0v) is 17.0. The van der Waals surface area contributed by atoms with Crippen LogP contribution in [0.4, 0.5) is 5.69 Å². The second kappa shape index (κ2) is 8.35. The van der Waals surface area contributed by atoms with Crippen LogP contribution >= 0.6 is 0 Å². The molecule has 0 bridgehead atoms. The number of nitrogens with zero attached hydrogens (tertiary/aromatic N) is 3. The maximum Gasteiger partial charge on any atom is 0.251 e. The van der Waals surface area contributed by atoms with Gasteiger partial charge >= 0.3 is 0 Å². The number of benzene rings is 2. The highest BCUT2D eigenvalue weighted by atomic mass is 16.5. The minimum Gasteiger partial charge on any atom is -0.497 e. The van der Waals surface area contributed by atoms with Crippen LogP contribution in [0.1, 0.15) is 17.5 Å². The number of imide groups is 1.